The fourth-order valence-corrected chi connectivity index (χ4v) is 4.72. The normalized spacial score (nSPS) is 15.6. The highest BCUT2D eigenvalue weighted by Gasteiger charge is 2.34. The minimum absolute atomic E-state index is 0.0237. The maximum absolute atomic E-state index is 13.2. The van der Waals surface area contributed by atoms with Crippen molar-refractivity contribution < 1.29 is 19.1 Å². The highest BCUT2D eigenvalue weighted by molar-refractivity contribution is 5.97. The number of carbonyl (C=O) groups excluding carboxylic acids is 2. The number of carbonyl (C=O) groups is 2. The van der Waals surface area contributed by atoms with Crippen LogP contribution in [0.3, 0.4) is 0 Å². The van der Waals surface area contributed by atoms with Crippen LogP contribution in [0.1, 0.15) is 36.1 Å². The molecule has 0 saturated carbocycles. The van der Waals surface area contributed by atoms with Crippen molar-refractivity contribution in [1.82, 2.24) is 19.7 Å². The number of benzene rings is 1. The zero-order valence-electron chi connectivity index (χ0n) is 20.3. The van der Waals surface area contributed by atoms with Gasteiger partial charge in [0, 0.05) is 31.4 Å². The summed E-state index contributed by atoms with van der Waals surface area (Å²) in [7, 11) is 5.03. The van der Waals surface area contributed by atoms with Gasteiger partial charge in [-0.3, -0.25) is 9.59 Å². The summed E-state index contributed by atoms with van der Waals surface area (Å²) >= 11 is 0. The standard InChI is InChI=1S/C25H31N5O4/c1-15-19(16(2)26-23-22(15)25(34-5)28-29(23)3)12-13-21(31)30-14-6-7-20(30)24(32)27-17-8-10-18(33-4)11-9-17/h8-11,20H,6-7,12-14H2,1-5H3,(H,27,32). The molecule has 1 atom stereocenters. The van der Waals surface area contributed by atoms with Crippen LogP contribution < -0.4 is 14.8 Å². The fourth-order valence-electron chi connectivity index (χ4n) is 4.72. The largest absolute Gasteiger partial charge is 0.497 e. The smallest absolute Gasteiger partial charge is 0.247 e. The van der Waals surface area contributed by atoms with Crippen LogP contribution in [0.25, 0.3) is 11.0 Å². The summed E-state index contributed by atoms with van der Waals surface area (Å²) in [6, 6.07) is 6.70. The molecule has 1 unspecified atom stereocenters. The molecule has 1 saturated heterocycles. The van der Waals surface area contributed by atoms with Gasteiger partial charge in [-0.25, -0.2) is 9.67 Å². The number of nitrogens with one attached hydrogen (secondary N) is 1. The molecule has 1 aromatic carbocycles. The second-order valence-corrected chi connectivity index (χ2v) is 8.60. The Kier molecular flexibility index (Phi) is 6.72. The number of hydrogen-bond donors (Lipinski definition) is 1. The third-order valence-corrected chi connectivity index (χ3v) is 6.54. The zero-order chi connectivity index (χ0) is 24.4. The van der Waals surface area contributed by atoms with Crippen molar-refractivity contribution >= 4 is 28.5 Å². The number of aromatic nitrogens is 3. The van der Waals surface area contributed by atoms with E-state index in [1.54, 1.807) is 48.1 Å². The molecule has 4 rings (SSSR count). The van der Waals surface area contributed by atoms with Gasteiger partial charge in [0.2, 0.25) is 17.7 Å². The van der Waals surface area contributed by atoms with Gasteiger partial charge in [0.1, 0.15) is 11.8 Å². The molecule has 9 nitrogen and oxygen atoms in total. The predicted molar refractivity (Wildman–Crippen MR) is 129 cm³/mol. The summed E-state index contributed by atoms with van der Waals surface area (Å²) < 4.78 is 12.3. The number of rotatable bonds is 7. The van der Waals surface area contributed by atoms with E-state index in [4.69, 9.17) is 14.5 Å². The maximum atomic E-state index is 13.2. The van der Waals surface area contributed by atoms with Gasteiger partial charge in [0.05, 0.1) is 19.6 Å². The molecule has 2 aromatic heterocycles. The van der Waals surface area contributed by atoms with Crippen molar-refractivity contribution in [2.45, 2.75) is 45.6 Å². The van der Waals surface area contributed by atoms with Crippen LogP contribution >= 0.6 is 0 Å². The van der Waals surface area contributed by atoms with E-state index in [1.807, 2.05) is 20.9 Å². The van der Waals surface area contributed by atoms with E-state index in [0.717, 1.165) is 40.0 Å². The molecule has 0 bridgehead atoms. The van der Waals surface area contributed by atoms with Gasteiger partial charge in [-0.1, -0.05) is 0 Å². The van der Waals surface area contributed by atoms with Crippen molar-refractivity contribution in [2.75, 3.05) is 26.1 Å². The van der Waals surface area contributed by atoms with E-state index in [2.05, 4.69) is 10.4 Å². The lowest BCUT2D eigenvalue weighted by molar-refractivity contribution is -0.136. The summed E-state index contributed by atoms with van der Waals surface area (Å²) in [6.07, 6.45) is 2.32. The van der Waals surface area contributed by atoms with Crippen LogP contribution in [0.2, 0.25) is 0 Å². The molecular weight excluding hydrogens is 434 g/mol. The van der Waals surface area contributed by atoms with Gasteiger partial charge in [-0.15, -0.1) is 5.10 Å². The number of aryl methyl sites for hydroxylation is 3. The van der Waals surface area contributed by atoms with E-state index in [1.165, 1.54) is 0 Å². The summed E-state index contributed by atoms with van der Waals surface area (Å²) in [4.78, 5) is 32.5. The highest BCUT2D eigenvalue weighted by atomic mass is 16.5. The average molecular weight is 466 g/mol. The summed E-state index contributed by atoms with van der Waals surface area (Å²) in [5.74, 6) is 1.07. The van der Waals surface area contributed by atoms with E-state index < -0.39 is 6.04 Å². The second-order valence-electron chi connectivity index (χ2n) is 8.60. The number of hydrogen-bond acceptors (Lipinski definition) is 6. The van der Waals surface area contributed by atoms with Crippen molar-refractivity contribution in [3.63, 3.8) is 0 Å². The molecule has 9 heteroatoms. The predicted octanol–water partition coefficient (Wildman–Crippen LogP) is 3.16. The van der Waals surface area contributed by atoms with Gasteiger partial charge in [0.25, 0.3) is 0 Å². The molecule has 1 fully saturated rings. The molecule has 1 N–H and O–H groups in total. The van der Waals surface area contributed by atoms with Gasteiger partial charge >= 0.3 is 0 Å². The van der Waals surface area contributed by atoms with E-state index in [9.17, 15) is 9.59 Å². The van der Waals surface area contributed by atoms with Crippen LogP contribution in [0.15, 0.2) is 24.3 Å². The Morgan fingerprint density at radius 3 is 2.56 bits per heavy atom. The Hall–Kier alpha value is -3.62. The first-order valence-corrected chi connectivity index (χ1v) is 11.4. The molecule has 2 amide bonds. The van der Waals surface area contributed by atoms with Crippen molar-refractivity contribution in [3.05, 3.63) is 41.1 Å². The summed E-state index contributed by atoms with van der Waals surface area (Å²) in [5, 5.41) is 8.19. The van der Waals surface area contributed by atoms with Crippen molar-refractivity contribution in [1.29, 1.82) is 0 Å². The first-order chi connectivity index (χ1) is 16.3. The molecule has 3 aromatic rings. The zero-order valence-corrected chi connectivity index (χ0v) is 20.3. The third-order valence-electron chi connectivity index (χ3n) is 6.54. The van der Waals surface area contributed by atoms with E-state index in [-0.39, 0.29) is 11.8 Å². The first-order valence-electron chi connectivity index (χ1n) is 11.4. The quantitative estimate of drug-likeness (QED) is 0.576. The molecule has 180 valence electrons. The van der Waals surface area contributed by atoms with Crippen LogP contribution in [-0.4, -0.2) is 58.3 Å². The monoisotopic (exact) mass is 465 g/mol. The van der Waals surface area contributed by atoms with Gasteiger partial charge in [0.15, 0.2) is 5.65 Å². The lowest BCUT2D eigenvalue weighted by Crippen LogP contribution is -2.43. The fraction of sp³-hybridized carbons (Fsp3) is 0.440. The van der Waals surface area contributed by atoms with Crippen molar-refractivity contribution in [2.24, 2.45) is 7.05 Å². The molecule has 34 heavy (non-hydrogen) atoms. The number of amides is 2. The number of likely N-dealkylation sites (tertiary alicyclic amines) is 1. The number of ether oxygens (including phenoxy) is 2. The lowest BCUT2D eigenvalue weighted by Gasteiger charge is -2.24. The van der Waals surface area contributed by atoms with Crippen LogP contribution in [0.5, 0.6) is 11.6 Å². The maximum Gasteiger partial charge on any atom is 0.247 e. The number of anilines is 1. The highest BCUT2D eigenvalue weighted by Crippen LogP contribution is 2.31. The second kappa shape index (κ2) is 9.70. The van der Waals surface area contributed by atoms with Crippen molar-refractivity contribution in [3.8, 4) is 11.6 Å². The molecule has 1 aliphatic heterocycles. The Labute approximate surface area is 199 Å². The van der Waals surface area contributed by atoms with E-state index in [0.29, 0.717) is 37.4 Å². The van der Waals surface area contributed by atoms with Crippen LogP contribution in [0, 0.1) is 13.8 Å². The van der Waals surface area contributed by atoms with Crippen LogP contribution in [0.4, 0.5) is 5.69 Å². The third kappa shape index (κ3) is 4.42. The number of nitrogens with zero attached hydrogens (tertiary/aromatic N) is 4. The molecule has 0 aliphatic carbocycles. The average Bonchev–Trinajstić information content (AvgIpc) is 3.44. The van der Waals surface area contributed by atoms with Gasteiger partial charge in [-0.2, -0.15) is 0 Å². The van der Waals surface area contributed by atoms with Crippen LogP contribution in [-0.2, 0) is 23.1 Å². The van der Waals surface area contributed by atoms with Gasteiger partial charge < -0.3 is 19.7 Å². The topological polar surface area (TPSA) is 98.6 Å². The number of methoxy groups -OCH3 is 2. The minimum Gasteiger partial charge on any atom is -0.497 e. The molecule has 3 heterocycles. The lowest BCUT2D eigenvalue weighted by atomic mass is 10.00. The molecule has 0 spiro atoms. The number of fused-ring (bicyclic) bond motifs is 1. The van der Waals surface area contributed by atoms with E-state index >= 15 is 0 Å². The Morgan fingerprint density at radius 2 is 1.88 bits per heavy atom. The summed E-state index contributed by atoms with van der Waals surface area (Å²) in [5.41, 5.74) is 4.36. The Bertz CT molecular complexity index is 1220. The molecule has 0 radical (unpaired) electrons. The summed E-state index contributed by atoms with van der Waals surface area (Å²) in [6.45, 7) is 4.56. The Morgan fingerprint density at radius 1 is 1.15 bits per heavy atom. The first kappa shape index (κ1) is 23.5. The Balaban J connectivity index is 1.46. The SMILES string of the molecule is COc1ccc(NC(=O)C2CCCN2C(=O)CCc2c(C)nc3c(c(OC)nn3C)c2C)cc1. The molecular formula is C25H31N5O4. The minimum atomic E-state index is -0.462. The molecule has 1 aliphatic rings. The number of pyridine rings is 1. The van der Waals surface area contributed by atoms with Gasteiger partial charge in [-0.05, 0) is 68.5 Å².